The number of hydrogen-bond donors (Lipinski definition) is 6. The van der Waals surface area contributed by atoms with Gasteiger partial charge in [0.15, 0.2) is 0 Å². The zero-order valence-electron chi connectivity index (χ0n) is 31.2. The lowest BCUT2D eigenvalue weighted by Crippen LogP contribution is -2.03. The van der Waals surface area contributed by atoms with Gasteiger partial charge in [-0.15, -0.1) is 0 Å². The van der Waals surface area contributed by atoms with Crippen molar-refractivity contribution in [2.45, 2.75) is 13.8 Å². The number of nitrogens with one attached hydrogen (secondary N) is 4. The van der Waals surface area contributed by atoms with Crippen molar-refractivity contribution in [2.24, 2.45) is 0 Å². The highest BCUT2D eigenvalue weighted by molar-refractivity contribution is 5.90. The van der Waals surface area contributed by atoms with Crippen LogP contribution in [0.1, 0.15) is 11.1 Å². The van der Waals surface area contributed by atoms with Crippen molar-refractivity contribution in [3.05, 3.63) is 145 Å². The monoisotopic (exact) mass is 744 g/mol. The molecule has 0 aliphatic rings. The van der Waals surface area contributed by atoms with Crippen LogP contribution in [0.15, 0.2) is 134 Å². The second-order valence-electron chi connectivity index (χ2n) is 12.8. The van der Waals surface area contributed by atoms with Crippen LogP contribution in [-0.2, 0) is 0 Å². The predicted octanol–water partition coefficient (Wildman–Crippen LogP) is 10.3. The average Bonchev–Trinajstić information content (AvgIpc) is 3.21. The topological polar surface area (TPSA) is 159 Å². The third kappa shape index (κ3) is 8.77. The van der Waals surface area contributed by atoms with E-state index in [9.17, 15) is 10.2 Å². The van der Waals surface area contributed by atoms with Crippen LogP contribution in [-0.4, -0.2) is 44.4 Å². The first-order valence-corrected chi connectivity index (χ1v) is 17.7. The maximum absolute atomic E-state index is 10.4. The molecule has 12 nitrogen and oxygen atoms in total. The zero-order valence-corrected chi connectivity index (χ0v) is 31.2. The first-order chi connectivity index (χ1) is 27.2. The number of aromatic nitrogens is 4. The summed E-state index contributed by atoms with van der Waals surface area (Å²) in [6, 6.07) is 38.1. The number of aryl methyl sites for hydroxylation is 2. The molecule has 6 aromatic carbocycles. The minimum atomic E-state index is 0.144. The number of phenols is 2. The van der Waals surface area contributed by atoms with E-state index >= 15 is 0 Å². The number of nitrogens with zero attached hydrogens (tertiary/aromatic N) is 4. The second kappa shape index (κ2) is 16.6. The van der Waals surface area contributed by atoms with Crippen LogP contribution in [0.25, 0.3) is 21.5 Å². The number of methoxy groups -OCH3 is 2. The Kier molecular flexibility index (Phi) is 10.9. The molecule has 0 saturated heterocycles. The SMILES string of the molecule is COc1cccc(Nc2nc(Nc3cc4ccccc4cc3O)ncc2C)c1.COc1cccc(Nc2ncc(C)c(Nc3cc4ccccc4cc3O)n2)c1. The lowest BCUT2D eigenvalue weighted by molar-refractivity contribution is 0.415. The summed E-state index contributed by atoms with van der Waals surface area (Å²) >= 11 is 0. The Morgan fingerprint density at radius 3 is 1.39 bits per heavy atom. The molecule has 0 spiro atoms. The Morgan fingerprint density at radius 1 is 0.464 bits per heavy atom. The van der Waals surface area contributed by atoms with Gasteiger partial charge in [-0.1, -0.05) is 60.7 Å². The highest BCUT2D eigenvalue weighted by atomic mass is 16.5. The fourth-order valence-electron chi connectivity index (χ4n) is 5.83. The van der Waals surface area contributed by atoms with Crippen molar-refractivity contribution >= 4 is 67.8 Å². The molecule has 2 aromatic heterocycles. The molecule has 0 atom stereocenters. The van der Waals surface area contributed by atoms with Gasteiger partial charge in [-0.3, -0.25) is 0 Å². The normalized spacial score (nSPS) is 10.6. The molecule has 0 bridgehead atoms. The Balaban J connectivity index is 0.000000172. The molecule has 280 valence electrons. The van der Waals surface area contributed by atoms with E-state index in [1.165, 1.54) is 0 Å². The van der Waals surface area contributed by atoms with Crippen LogP contribution in [0.3, 0.4) is 0 Å². The summed E-state index contributed by atoms with van der Waals surface area (Å²) in [5, 5.41) is 37.5. The summed E-state index contributed by atoms with van der Waals surface area (Å²) in [4.78, 5) is 17.8. The van der Waals surface area contributed by atoms with E-state index in [0.717, 1.165) is 55.5 Å². The minimum Gasteiger partial charge on any atom is -0.506 e. The van der Waals surface area contributed by atoms with Crippen molar-refractivity contribution in [3.63, 3.8) is 0 Å². The maximum atomic E-state index is 10.4. The number of aromatic hydroxyl groups is 2. The van der Waals surface area contributed by atoms with E-state index in [-0.39, 0.29) is 11.5 Å². The standard InChI is InChI=1S/2C22H20N4O2/c1-14-13-23-22(24-17-8-5-9-18(12-17)28-2)26-21(14)25-19-10-15-6-3-4-7-16(15)11-20(19)27;1-14-13-23-22(26-21(14)24-17-8-5-9-18(12-17)28-2)25-19-10-15-6-3-4-7-16(15)11-20(19)27/h2*3-13,27H,1-2H3,(H2,23,24,25,26). The zero-order chi connectivity index (χ0) is 39.0. The van der Waals surface area contributed by atoms with Gasteiger partial charge in [0.05, 0.1) is 25.6 Å². The predicted molar refractivity (Wildman–Crippen MR) is 224 cm³/mol. The van der Waals surface area contributed by atoms with E-state index in [0.29, 0.717) is 34.9 Å². The summed E-state index contributed by atoms with van der Waals surface area (Å²) in [7, 11) is 3.26. The summed E-state index contributed by atoms with van der Waals surface area (Å²) in [5.41, 5.74) is 4.59. The minimum absolute atomic E-state index is 0.144. The number of rotatable bonds is 10. The van der Waals surface area contributed by atoms with E-state index in [1.54, 1.807) is 38.7 Å². The van der Waals surface area contributed by atoms with Crippen LogP contribution in [0.2, 0.25) is 0 Å². The number of benzene rings is 6. The molecule has 0 saturated carbocycles. The summed E-state index contributed by atoms with van der Waals surface area (Å²) in [5.74, 6) is 3.94. The summed E-state index contributed by atoms with van der Waals surface area (Å²) < 4.78 is 10.5. The summed E-state index contributed by atoms with van der Waals surface area (Å²) in [6.45, 7) is 3.84. The van der Waals surface area contributed by atoms with Gasteiger partial charge in [0.25, 0.3) is 0 Å². The van der Waals surface area contributed by atoms with Gasteiger partial charge in [-0.25, -0.2) is 9.97 Å². The van der Waals surface area contributed by atoms with Gasteiger partial charge in [0.2, 0.25) is 11.9 Å². The number of fused-ring (bicyclic) bond motifs is 2. The molecular formula is C44H40N8O4. The van der Waals surface area contributed by atoms with Gasteiger partial charge in [-0.2, -0.15) is 9.97 Å². The molecule has 2 heterocycles. The molecule has 0 fully saturated rings. The van der Waals surface area contributed by atoms with Crippen LogP contribution >= 0.6 is 0 Å². The third-order valence-corrected chi connectivity index (χ3v) is 8.83. The Morgan fingerprint density at radius 2 is 0.893 bits per heavy atom. The number of anilines is 8. The van der Waals surface area contributed by atoms with Gasteiger partial charge >= 0.3 is 0 Å². The van der Waals surface area contributed by atoms with E-state index in [4.69, 9.17) is 9.47 Å². The highest BCUT2D eigenvalue weighted by Gasteiger charge is 2.11. The number of phenolic OH excluding ortho intramolecular Hbond substituents is 2. The fraction of sp³-hybridized carbons (Fsp3) is 0.0909. The highest BCUT2D eigenvalue weighted by Crippen LogP contribution is 2.34. The average molecular weight is 745 g/mol. The fourth-order valence-corrected chi connectivity index (χ4v) is 5.83. The quantitative estimate of drug-likeness (QED) is 0.0737. The number of ether oxygens (including phenoxy) is 2. The van der Waals surface area contributed by atoms with E-state index in [1.807, 2.05) is 123 Å². The summed E-state index contributed by atoms with van der Waals surface area (Å²) in [6.07, 6.45) is 3.46. The molecule has 0 radical (unpaired) electrons. The molecule has 0 unspecified atom stereocenters. The van der Waals surface area contributed by atoms with Crippen molar-refractivity contribution in [3.8, 4) is 23.0 Å². The van der Waals surface area contributed by atoms with Crippen molar-refractivity contribution < 1.29 is 19.7 Å². The molecule has 56 heavy (non-hydrogen) atoms. The van der Waals surface area contributed by atoms with Crippen LogP contribution in [0, 0.1) is 13.8 Å². The van der Waals surface area contributed by atoms with Gasteiger partial charge in [0.1, 0.15) is 34.6 Å². The Hall–Kier alpha value is -7.60. The van der Waals surface area contributed by atoms with Crippen molar-refractivity contribution in [1.82, 2.24) is 19.9 Å². The molecule has 8 aromatic rings. The van der Waals surface area contributed by atoms with Crippen molar-refractivity contribution in [1.29, 1.82) is 0 Å². The molecular weight excluding hydrogens is 705 g/mol. The first kappa shape index (κ1) is 36.7. The molecule has 0 amide bonds. The molecule has 6 N–H and O–H groups in total. The third-order valence-electron chi connectivity index (χ3n) is 8.83. The van der Waals surface area contributed by atoms with Gasteiger partial charge < -0.3 is 41.0 Å². The first-order valence-electron chi connectivity index (χ1n) is 17.7. The van der Waals surface area contributed by atoms with E-state index < -0.39 is 0 Å². The molecule has 8 rings (SSSR count). The van der Waals surface area contributed by atoms with Crippen molar-refractivity contribution in [2.75, 3.05) is 35.5 Å². The smallest absolute Gasteiger partial charge is 0.229 e. The molecule has 12 heteroatoms. The largest absolute Gasteiger partial charge is 0.506 e. The van der Waals surface area contributed by atoms with Gasteiger partial charge in [0, 0.05) is 47.0 Å². The molecule has 0 aliphatic carbocycles. The second-order valence-corrected chi connectivity index (χ2v) is 12.8. The van der Waals surface area contributed by atoms with Crippen LogP contribution in [0.5, 0.6) is 23.0 Å². The lowest BCUT2D eigenvalue weighted by atomic mass is 10.1. The Labute approximate surface area is 323 Å². The Bertz CT molecular complexity index is 2650. The maximum Gasteiger partial charge on any atom is 0.229 e. The van der Waals surface area contributed by atoms with Gasteiger partial charge in [-0.05, 0) is 83.9 Å². The lowest BCUT2D eigenvalue weighted by Gasteiger charge is -2.13. The van der Waals surface area contributed by atoms with E-state index in [2.05, 4.69) is 41.2 Å². The van der Waals surface area contributed by atoms with Crippen LogP contribution < -0.4 is 30.7 Å². The number of hydrogen-bond acceptors (Lipinski definition) is 12. The molecule has 0 aliphatic heterocycles. The van der Waals surface area contributed by atoms with Crippen LogP contribution in [0.4, 0.5) is 46.3 Å².